The Morgan fingerprint density at radius 3 is 1.20 bits per heavy atom. The van der Waals surface area contributed by atoms with E-state index in [0.717, 1.165) is 32.7 Å². The molecule has 0 aliphatic rings. The Morgan fingerprint density at radius 2 is 0.833 bits per heavy atom. The van der Waals surface area contributed by atoms with Gasteiger partial charge in [-0.2, -0.15) is 0 Å². The van der Waals surface area contributed by atoms with Gasteiger partial charge in [0, 0.05) is 10.0 Å². The lowest BCUT2D eigenvalue weighted by molar-refractivity contribution is 0.0878. The number of hydrogen-bond acceptors (Lipinski definition) is 4. The quantitative estimate of drug-likeness (QED) is 0.311. The molecule has 0 saturated heterocycles. The summed E-state index contributed by atoms with van der Waals surface area (Å²) in [5.74, 6) is 1.55. The number of halogens is 2. The second kappa shape index (κ2) is 12.5. The molecule has 3 rings (SSSR count). The van der Waals surface area contributed by atoms with E-state index in [0.29, 0.717) is 39.6 Å². The average Bonchev–Trinajstić information content (AvgIpc) is 2.77. The molecule has 0 amide bonds. The van der Waals surface area contributed by atoms with Gasteiger partial charge in [-0.3, -0.25) is 0 Å². The summed E-state index contributed by atoms with van der Waals surface area (Å²) in [5, 5.41) is 1.44. The van der Waals surface area contributed by atoms with Crippen molar-refractivity contribution in [3.63, 3.8) is 0 Å². The maximum atomic E-state index is 5.86. The Kier molecular flexibility index (Phi) is 9.32. The van der Waals surface area contributed by atoms with Crippen LogP contribution in [0.1, 0.15) is 11.1 Å². The molecule has 0 fully saturated rings. The van der Waals surface area contributed by atoms with Crippen molar-refractivity contribution in [3.8, 4) is 11.5 Å². The fourth-order valence-corrected chi connectivity index (χ4v) is 2.86. The molecule has 0 radical (unpaired) electrons. The lowest BCUT2D eigenvalue weighted by atomic mass is 10.2. The molecule has 0 N–H and O–H groups in total. The van der Waals surface area contributed by atoms with E-state index in [9.17, 15) is 0 Å². The van der Waals surface area contributed by atoms with Crippen LogP contribution >= 0.6 is 23.2 Å². The molecular formula is C24H24Cl2O4. The summed E-state index contributed by atoms with van der Waals surface area (Å²) in [7, 11) is 0. The predicted octanol–water partition coefficient (Wildman–Crippen LogP) is 6.18. The molecule has 6 heteroatoms. The maximum absolute atomic E-state index is 5.86. The SMILES string of the molecule is Clc1ccc(COCCOc2ccc(OCCOCc3ccc(Cl)cc3)cc2)cc1. The molecule has 158 valence electrons. The van der Waals surface area contributed by atoms with Gasteiger partial charge in [-0.25, -0.2) is 0 Å². The number of benzene rings is 3. The zero-order chi connectivity index (χ0) is 21.0. The highest BCUT2D eigenvalue weighted by molar-refractivity contribution is 6.30. The van der Waals surface area contributed by atoms with E-state index in [1.807, 2.05) is 72.8 Å². The van der Waals surface area contributed by atoms with E-state index in [1.165, 1.54) is 0 Å². The summed E-state index contributed by atoms with van der Waals surface area (Å²) in [6.07, 6.45) is 0. The summed E-state index contributed by atoms with van der Waals surface area (Å²) in [5.41, 5.74) is 2.16. The van der Waals surface area contributed by atoms with Gasteiger partial charge < -0.3 is 18.9 Å². The Morgan fingerprint density at radius 1 is 0.467 bits per heavy atom. The molecule has 0 saturated carbocycles. The molecule has 3 aromatic carbocycles. The highest BCUT2D eigenvalue weighted by atomic mass is 35.5. The minimum Gasteiger partial charge on any atom is -0.491 e. The van der Waals surface area contributed by atoms with Crippen molar-refractivity contribution in [2.75, 3.05) is 26.4 Å². The summed E-state index contributed by atoms with van der Waals surface area (Å²) >= 11 is 11.7. The molecule has 30 heavy (non-hydrogen) atoms. The Bertz CT molecular complexity index is 791. The van der Waals surface area contributed by atoms with Crippen LogP contribution in [0.25, 0.3) is 0 Å². The zero-order valence-electron chi connectivity index (χ0n) is 16.6. The van der Waals surface area contributed by atoms with Crippen LogP contribution in [0.4, 0.5) is 0 Å². The summed E-state index contributed by atoms with van der Waals surface area (Å²) in [6, 6.07) is 22.7. The topological polar surface area (TPSA) is 36.9 Å². The molecule has 0 aliphatic heterocycles. The van der Waals surface area contributed by atoms with Crippen LogP contribution in [0.15, 0.2) is 72.8 Å². The van der Waals surface area contributed by atoms with Gasteiger partial charge >= 0.3 is 0 Å². The first-order valence-corrected chi connectivity index (χ1v) is 10.4. The van der Waals surface area contributed by atoms with Gasteiger partial charge in [0.05, 0.1) is 26.4 Å². The van der Waals surface area contributed by atoms with E-state index in [2.05, 4.69) is 0 Å². The van der Waals surface area contributed by atoms with Gasteiger partial charge in [-0.15, -0.1) is 0 Å². The second-order valence-corrected chi connectivity index (χ2v) is 7.40. The first-order valence-electron chi connectivity index (χ1n) is 9.69. The van der Waals surface area contributed by atoms with Crippen molar-refractivity contribution < 1.29 is 18.9 Å². The molecular weight excluding hydrogens is 423 g/mol. The summed E-state index contributed by atoms with van der Waals surface area (Å²) < 4.78 is 22.6. The first-order chi connectivity index (χ1) is 14.7. The Balaban J connectivity index is 1.25. The lowest BCUT2D eigenvalue weighted by Crippen LogP contribution is -2.07. The van der Waals surface area contributed by atoms with Crippen molar-refractivity contribution in [2.24, 2.45) is 0 Å². The average molecular weight is 447 g/mol. The smallest absolute Gasteiger partial charge is 0.119 e. The van der Waals surface area contributed by atoms with E-state index < -0.39 is 0 Å². The van der Waals surface area contributed by atoms with Gasteiger partial charge in [0.2, 0.25) is 0 Å². The van der Waals surface area contributed by atoms with Crippen molar-refractivity contribution in [2.45, 2.75) is 13.2 Å². The fraction of sp³-hybridized carbons (Fsp3) is 0.250. The second-order valence-electron chi connectivity index (χ2n) is 6.53. The van der Waals surface area contributed by atoms with E-state index in [-0.39, 0.29) is 0 Å². The van der Waals surface area contributed by atoms with Crippen molar-refractivity contribution in [1.82, 2.24) is 0 Å². The molecule has 0 atom stereocenters. The van der Waals surface area contributed by atoms with E-state index in [1.54, 1.807) is 0 Å². The van der Waals surface area contributed by atoms with Gasteiger partial charge in [-0.05, 0) is 59.7 Å². The van der Waals surface area contributed by atoms with Crippen LogP contribution in [0, 0.1) is 0 Å². The molecule has 0 aliphatic carbocycles. The van der Waals surface area contributed by atoms with Crippen LogP contribution in [-0.4, -0.2) is 26.4 Å². The van der Waals surface area contributed by atoms with E-state index >= 15 is 0 Å². The number of ether oxygens (including phenoxy) is 4. The molecule has 0 heterocycles. The third-order valence-electron chi connectivity index (χ3n) is 4.18. The minimum atomic E-state index is 0.479. The highest BCUT2D eigenvalue weighted by Crippen LogP contribution is 2.18. The summed E-state index contributed by atoms with van der Waals surface area (Å²) in [4.78, 5) is 0. The van der Waals surface area contributed by atoms with Crippen molar-refractivity contribution in [3.05, 3.63) is 94.0 Å². The zero-order valence-corrected chi connectivity index (χ0v) is 18.1. The van der Waals surface area contributed by atoms with Gasteiger partial charge in [0.1, 0.15) is 24.7 Å². The Hall–Kier alpha value is -2.24. The van der Waals surface area contributed by atoms with Crippen molar-refractivity contribution >= 4 is 23.2 Å². The molecule has 0 bridgehead atoms. The van der Waals surface area contributed by atoms with Crippen LogP contribution in [-0.2, 0) is 22.7 Å². The third-order valence-corrected chi connectivity index (χ3v) is 4.68. The standard InChI is InChI=1S/C24H24Cl2O4/c25-21-5-1-19(2-6-21)17-27-13-15-29-23-9-11-24(12-10-23)30-16-14-28-18-20-3-7-22(26)8-4-20/h1-12H,13-18H2. The number of rotatable bonds is 12. The highest BCUT2D eigenvalue weighted by Gasteiger charge is 1.99. The van der Waals surface area contributed by atoms with Crippen LogP contribution in [0.5, 0.6) is 11.5 Å². The normalized spacial score (nSPS) is 10.7. The molecule has 3 aromatic rings. The molecule has 0 unspecified atom stereocenters. The van der Waals surface area contributed by atoms with Crippen LogP contribution in [0.2, 0.25) is 10.0 Å². The van der Waals surface area contributed by atoms with Gasteiger partial charge in [0.15, 0.2) is 0 Å². The van der Waals surface area contributed by atoms with Crippen LogP contribution in [0.3, 0.4) is 0 Å². The summed E-state index contributed by atoms with van der Waals surface area (Å²) in [6.45, 7) is 3.04. The number of hydrogen-bond donors (Lipinski definition) is 0. The van der Waals surface area contributed by atoms with E-state index in [4.69, 9.17) is 42.1 Å². The van der Waals surface area contributed by atoms with Gasteiger partial charge in [0.25, 0.3) is 0 Å². The van der Waals surface area contributed by atoms with Gasteiger partial charge in [-0.1, -0.05) is 47.5 Å². The van der Waals surface area contributed by atoms with Crippen LogP contribution < -0.4 is 9.47 Å². The van der Waals surface area contributed by atoms with Crippen molar-refractivity contribution in [1.29, 1.82) is 0 Å². The fourth-order valence-electron chi connectivity index (χ4n) is 2.61. The molecule has 0 spiro atoms. The lowest BCUT2D eigenvalue weighted by Gasteiger charge is -2.10. The first kappa shape index (κ1) is 22.4. The maximum Gasteiger partial charge on any atom is 0.119 e. The Labute approximate surface area is 187 Å². The molecule has 4 nitrogen and oxygen atoms in total. The predicted molar refractivity (Wildman–Crippen MR) is 120 cm³/mol. The third kappa shape index (κ3) is 8.25. The largest absolute Gasteiger partial charge is 0.491 e. The molecule has 0 aromatic heterocycles. The minimum absolute atomic E-state index is 0.479. The monoisotopic (exact) mass is 446 g/mol.